The summed E-state index contributed by atoms with van der Waals surface area (Å²) in [6.45, 7) is 0. The number of rotatable bonds is 1. The van der Waals surface area contributed by atoms with Gasteiger partial charge in [0.15, 0.2) is 5.78 Å². The van der Waals surface area contributed by atoms with E-state index in [0.717, 1.165) is 14.9 Å². The number of thioether (sulfide) groups is 1. The number of benzene rings is 2. The van der Waals surface area contributed by atoms with Crippen molar-refractivity contribution in [3.05, 3.63) is 69.5 Å². The molecule has 0 unspecified atom stereocenters. The van der Waals surface area contributed by atoms with Gasteiger partial charge in [0, 0.05) is 26.3 Å². The Morgan fingerprint density at radius 1 is 1.20 bits per heavy atom. The number of ketones is 1. The number of hydrogen-bond acceptors (Lipinski definition) is 2. The smallest absolute Gasteiger partial charge is 0.191 e. The van der Waals surface area contributed by atoms with Crippen LogP contribution in [0.15, 0.2) is 57.4 Å². The van der Waals surface area contributed by atoms with E-state index in [4.69, 9.17) is 0 Å². The van der Waals surface area contributed by atoms with Gasteiger partial charge >= 0.3 is 0 Å². The molecule has 0 bridgehead atoms. The van der Waals surface area contributed by atoms with Gasteiger partial charge in [-0.25, -0.2) is 4.39 Å². The van der Waals surface area contributed by atoms with E-state index in [1.54, 1.807) is 17.8 Å². The molecular weight excluding hydrogens is 339 g/mol. The first-order chi connectivity index (χ1) is 9.65. The Kier molecular flexibility index (Phi) is 3.76. The standard InChI is InChI=1S/C16H10BrFOS/c17-14-4-2-1-3-10(14)7-11-9-20-15-6-5-12(18)8-13(15)16(11)19/h1-8H,9H2/b11-7-. The summed E-state index contributed by atoms with van der Waals surface area (Å²) in [5, 5.41) is 0. The molecule has 0 spiro atoms. The number of carbonyl (C=O) groups excluding carboxylic acids is 1. The van der Waals surface area contributed by atoms with Crippen molar-refractivity contribution in [2.75, 3.05) is 5.75 Å². The Balaban J connectivity index is 2.02. The van der Waals surface area contributed by atoms with Crippen LogP contribution in [0.2, 0.25) is 0 Å². The van der Waals surface area contributed by atoms with Crippen molar-refractivity contribution in [3.8, 4) is 0 Å². The van der Waals surface area contributed by atoms with E-state index in [0.29, 0.717) is 16.9 Å². The minimum absolute atomic E-state index is 0.0889. The summed E-state index contributed by atoms with van der Waals surface area (Å²) in [6.07, 6.45) is 1.87. The molecule has 2 aromatic rings. The van der Waals surface area contributed by atoms with Gasteiger partial charge in [0.05, 0.1) is 0 Å². The molecule has 1 aliphatic heterocycles. The Morgan fingerprint density at radius 2 is 2.00 bits per heavy atom. The van der Waals surface area contributed by atoms with Gasteiger partial charge in [0.1, 0.15) is 5.82 Å². The number of Topliss-reactive ketones (excluding diaryl/α,β-unsaturated/α-hetero) is 1. The van der Waals surface area contributed by atoms with Crippen LogP contribution in [0.5, 0.6) is 0 Å². The summed E-state index contributed by atoms with van der Waals surface area (Å²) in [7, 11) is 0. The lowest BCUT2D eigenvalue weighted by atomic mass is 10.0. The average Bonchev–Trinajstić information content (AvgIpc) is 2.45. The van der Waals surface area contributed by atoms with Gasteiger partial charge in [0.2, 0.25) is 0 Å². The molecule has 4 heteroatoms. The van der Waals surface area contributed by atoms with Crippen LogP contribution in [-0.2, 0) is 0 Å². The van der Waals surface area contributed by atoms with Crippen LogP contribution in [0, 0.1) is 5.82 Å². The SMILES string of the molecule is O=C1/C(=C\c2ccccc2Br)CSc2ccc(F)cc21. The molecule has 0 amide bonds. The molecule has 0 N–H and O–H groups in total. The fourth-order valence-corrected chi connectivity index (χ4v) is 3.48. The van der Waals surface area contributed by atoms with Gasteiger partial charge in [0.25, 0.3) is 0 Å². The second-order valence-corrected chi connectivity index (χ2v) is 6.32. The van der Waals surface area contributed by atoms with E-state index < -0.39 is 0 Å². The third-order valence-electron chi connectivity index (χ3n) is 3.10. The fourth-order valence-electron chi connectivity index (χ4n) is 2.09. The normalized spacial score (nSPS) is 16.3. The molecule has 3 rings (SSSR count). The van der Waals surface area contributed by atoms with Crippen LogP contribution in [0.4, 0.5) is 4.39 Å². The Labute approximate surface area is 129 Å². The van der Waals surface area contributed by atoms with Crippen LogP contribution in [0.1, 0.15) is 15.9 Å². The highest BCUT2D eigenvalue weighted by Gasteiger charge is 2.23. The highest BCUT2D eigenvalue weighted by Crippen LogP contribution is 2.34. The van der Waals surface area contributed by atoms with E-state index in [1.807, 2.05) is 30.3 Å². The van der Waals surface area contributed by atoms with E-state index in [1.165, 1.54) is 12.1 Å². The first-order valence-electron chi connectivity index (χ1n) is 6.07. The zero-order chi connectivity index (χ0) is 14.1. The molecular formula is C16H10BrFOS. The Hall–Kier alpha value is -1.39. The largest absolute Gasteiger partial charge is 0.289 e. The molecule has 0 radical (unpaired) electrons. The topological polar surface area (TPSA) is 17.1 Å². The minimum atomic E-state index is -0.375. The van der Waals surface area contributed by atoms with Gasteiger partial charge in [-0.3, -0.25) is 4.79 Å². The summed E-state index contributed by atoms with van der Waals surface area (Å²) < 4.78 is 14.2. The minimum Gasteiger partial charge on any atom is -0.289 e. The maximum absolute atomic E-state index is 13.3. The number of halogens is 2. The van der Waals surface area contributed by atoms with Crippen molar-refractivity contribution in [2.45, 2.75) is 4.90 Å². The van der Waals surface area contributed by atoms with Gasteiger partial charge in [-0.2, -0.15) is 0 Å². The van der Waals surface area contributed by atoms with E-state index in [2.05, 4.69) is 15.9 Å². The van der Waals surface area contributed by atoms with Crippen molar-refractivity contribution < 1.29 is 9.18 Å². The van der Waals surface area contributed by atoms with E-state index in [-0.39, 0.29) is 11.6 Å². The predicted octanol–water partition coefficient (Wildman–Crippen LogP) is 4.96. The maximum Gasteiger partial charge on any atom is 0.191 e. The lowest BCUT2D eigenvalue weighted by molar-refractivity contribution is 0.103. The quantitative estimate of drug-likeness (QED) is 0.677. The van der Waals surface area contributed by atoms with Crippen LogP contribution in [0.25, 0.3) is 6.08 Å². The lowest BCUT2D eigenvalue weighted by Crippen LogP contribution is -2.12. The van der Waals surface area contributed by atoms with Crippen molar-refractivity contribution in [1.82, 2.24) is 0 Å². The average molecular weight is 349 g/mol. The molecule has 0 fully saturated rings. The molecule has 20 heavy (non-hydrogen) atoms. The summed E-state index contributed by atoms with van der Waals surface area (Å²) in [6, 6.07) is 12.1. The maximum atomic E-state index is 13.3. The Bertz CT molecular complexity index is 724. The molecule has 0 saturated heterocycles. The zero-order valence-corrected chi connectivity index (χ0v) is 12.8. The Morgan fingerprint density at radius 3 is 2.80 bits per heavy atom. The second-order valence-electron chi connectivity index (χ2n) is 4.45. The lowest BCUT2D eigenvalue weighted by Gasteiger charge is -2.17. The van der Waals surface area contributed by atoms with Crippen LogP contribution < -0.4 is 0 Å². The zero-order valence-electron chi connectivity index (χ0n) is 10.4. The molecule has 0 aliphatic carbocycles. The van der Waals surface area contributed by atoms with Crippen LogP contribution >= 0.6 is 27.7 Å². The molecule has 0 atom stereocenters. The van der Waals surface area contributed by atoms with Crippen molar-refractivity contribution in [2.24, 2.45) is 0 Å². The van der Waals surface area contributed by atoms with Gasteiger partial charge < -0.3 is 0 Å². The van der Waals surface area contributed by atoms with Crippen molar-refractivity contribution in [1.29, 1.82) is 0 Å². The molecule has 100 valence electrons. The molecule has 0 saturated carbocycles. The third-order valence-corrected chi connectivity index (χ3v) is 4.94. The van der Waals surface area contributed by atoms with Gasteiger partial charge in [-0.15, -0.1) is 11.8 Å². The molecule has 1 aliphatic rings. The number of fused-ring (bicyclic) bond motifs is 1. The summed E-state index contributed by atoms with van der Waals surface area (Å²) in [5.74, 6) is 0.146. The summed E-state index contributed by atoms with van der Waals surface area (Å²) in [5.41, 5.74) is 2.11. The highest BCUT2D eigenvalue weighted by atomic mass is 79.9. The predicted molar refractivity (Wildman–Crippen MR) is 83.6 cm³/mol. The van der Waals surface area contributed by atoms with E-state index in [9.17, 15) is 9.18 Å². The third kappa shape index (κ3) is 2.58. The van der Waals surface area contributed by atoms with Crippen LogP contribution in [0.3, 0.4) is 0 Å². The fraction of sp³-hybridized carbons (Fsp3) is 0.0625. The summed E-state index contributed by atoms with van der Waals surface area (Å²) in [4.78, 5) is 13.3. The van der Waals surface area contributed by atoms with E-state index >= 15 is 0 Å². The molecule has 1 heterocycles. The second kappa shape index (κ2) is 5.54. The highest BCUT2D eigenvalue weighted by molar-refractivity contribution is 9.10. The first-order valence-corrected chi connectivity index (χ1v) is 7.85. The summed E-state index contributed by atoms with van der Waals surface area (Å²) >= 11 is 5.03. The number of carbonyl (C=O) groups is 1. The molecule has 0 aromatic heterocycles. The van der Waals surface area contributed by atoms with Gasteiger partial charge in [-0.1, -0.05) is 34.1 Å². The molecule has 2 aromatic carbocycles. The van der Waals surface area contributed by atoms with Crippen molar-refractivity contribution in [3.63, 3.8) is 0 Å². The first kappa shape index (κ1) is 13.6. The monoisotopic (exact) mass is 348 g/mol. The number of hydrogen-bond donors (Lipinski definition) is 0. The van der Waals surface area contributed by atoms with Crippen LogP contribution in [-0.4, -0.2) is 11.5 Å². The van der Waals surface area contributed by atoms with Gasteiger partial charge in [-0.05, 0) is 35.9 Å². The van der Waals surface area contributed by atoms with Crippen molar-refractivity contribution >= 4 is 39.6 Å². The molecule has 1 nitrogen and oxygen atoms in total.